The van der Waals surface area contributed by atoms with Crippen LogP contribution >= 0.6 is 0 Å². The van der Waals surface area contributed by atoms with Crippen molar-refractivity contribution >= 4 is 5.91 Å². The average Bonchev–Trinajstić information content (AvgIpc) is 3.08. The first-order valence-electron chi connectivity index (χ1n) is 6.24. The molecule has 1 aliphatic carbocycles. The predicted molar refractivity (Wildman–Crippen MR) is 60.6 cm³/mol. The summed E-state index contributed by atoms with van der Waals surface area (Å²) in [5, 5.41) is 6.41. The number of amides is 1. The van der Waals surface area contributed by atoms with E-state index >= 15 is 0 Å². The van der Waals surface area contributed by atoms with Crippen LogP contribution in [0.1, 0.15) is 39.0 Å². The Hall–Kier alpha value is -0.570. The van der Waals surface area contributed by atoms with Gasteiger partial charge in [-0.05, 0) is 44.1 Å². The summed E-state index contributed by atoms with van der Waals surface area (Å²) in [6.07, 6.45) is 5.99. The van der Waals surface area contributed by atoms with Crippen LogP contribution in [0.3, 0.4) is 0 Å². The van der Waals surface area contributed by atoms with E-state index in [2.05, 4.69) is 17.6 Å². The lowest BCUT2D eigenvalue weighted by molar-refractivity contribution is -0.125. The molecule has 0 spiro atoms. The zero-order valence-electron chi connectivity index (χ0n) is 9.64. The lowest BCUT2D eigenvalue weighted by Gasteiger charge is -2.23. The van der Waals surface area contributed by atoms with Crippen molar-refractivity contribution in [1.82, 2.24) is 10.6 Å². The Morgan fingerprint density at radius 3 is 2.87 bits per heavy atom. The van der Waals surface area contributed by atoms with Crippen molar-refractivity contribution in [3.05, 3.63) is 0 Å². The van der Waals surface area contributed by atoms with Gasteiger partial charge >= 0.3 is 0 Å². The molecule has 3 heteroatoms. The van der Waals surface area contributed by atoms with E-state index in [1.165, 1.54) is 19.3 Å². The van der Waals surface area contributed by atoms with E-state index in [-0.39, 0.29) is 11.8 Å². The summed E-state index contributed by atoms with van der Waals surface area (Å²) in [5.74, 6) is 0.480. The Morgan fingerprint density at radius 2 is 2.33 bits per heavy atom. The largest absolute Gasteiger partial charge is 0.355 e. The highest BCUT2D eigenvalue weighted by Gasteiger charge is 2.40. The van der Waals surface area contributed by atoms with Crippen LogP contribution in [-0.2, 0) is 4.79 Å². The number of carbonyl (C=O) groups excluding carboxylic acids is 1. The highest BCUT2D eigenvalue weighted by molar-refractivity contribution is 5.79. The topological polar surface area (TPSA) is 41.1 Å². The second-order valence-electron chi connectivity index (χ2n) is 5.11. The molecule has 0 aromatic carbocycles. The van der Waals surface area contributed by atoms with Gasteiger partial charge in [-0.2, -0.15) is 0 Å². The van der Waals surface area contributed by atoms with E-state index < -0.39 is 0 Å². The van der Waals surface area contributed by atoms with E-state index in [1.54, 1.807) is 0 Å². The van der Waals surface area contributed by atoms with Crippen molar-refractivity contribution in [3.8, 4) is 0 Å². The summed E-state index contributed by atoms with van der Waals surface area (Å²) in [4.78, 5) is 11.8. The fourth-order valence-electron chi connectivity index (χ4n) is 2.33. The smallest absolute Gasteiger partial charge is 0.224 e. The Morgan fingerprint density at radius 1 is 1.53 bits per heavy atom. The van der Waals surface area contributed by atoms with Gasteiger partial charge in [-0.25, -0.2) is 0 Å². The molecular formula is C12H22N2O. The maximum atomic E-state index is 11.8. The molecule has 2 rings (SSSR count). The molecule has 1 amide bonds. The second kappa shape index (κ2) is 4.52. The maximum absolute atomic E-state index is 11.8. The highest BCUT2D eigenvalue weighted by Crippen LogP contribution is 2.47. The molecule has 2 N–H and O–H groups in total. The molecule has 1 heterocycles. The molecule has 86 valence electrons. The van der Waals surface area contributed by atoms with Gasteiger partial charge in [-0.1, -0.05) is 6.92 Å². The van der Waals surface area contributed by atoms with Gasteiger partial charge in [0.2, 0.25) is 5.91 Å². The normalized spacial score (nSPS) is 28.5. The summed E-state index contributed by atoms with van der Waals surface area (Å²) >= 11 is 0. The number of nitrogens with one attached hydrogen (secondary N) is 2. The van der Waals surface area contributed by atoms with Crippen LogP contribution in [0.5, 0.6) is 0 Å². The summed E-state index contributed by atoms with van der Waals surface area (Å²) in [7, 11) is 0. The molecule has 15 heavy (non-hydrogen) atoms. The molecule has 0 aromatic heterocycles. The summed E-state index contributed by atoms with van der Waals surface area (Å²) < 4.78 is 0. The van der Waals surface area contributed by atoms with Crippen molar-refractivity contribution < 1.29 is 4.79 Å². The molecule has 0 unspecified atom stereocenters. The summed E-state index contributed by atoms with van der Waals surface area (Å²) in [6.45, 7) is 5.06. The van der Waals surface area contributed by atoms with Crippen LogP contribution in [0.15, 0.2) is 0 Å². The Kier molecular flexibility index (Phi) is 3.29. The molecular weight excluding hydrogens is 188 g/mol. The first kappa shape index (κ1) is 10.9. The zero-order valence-corrected chi connectivity index (χ0v) is 9.64. The molecule has 0 aromatic rings. The van der Waals surface area contributed by atoms with Crippen LogP contribution in [0, 0.1) is 11.3 Å². The first-order valence-corrected chi connectivity index (χ1v) is 6.24. The summed E-state index contributed by atoms with van der Waals surface area (Å²) in [6, 6.07) is 0. The van der Waals surface area contributed by atoms with Crippen LogP contribution in [0.25, 0.3) is 0 Å². The number of rotatable bonds is 4. The number of hydrogen-bond donors (Lipinski definition) is 2. The first-order chi connectivity index (χ1) is 7.26. The molecule has 3 nitrogen and oxygen atoms in total. The monoisotopic (exact) mass is 210 g/mol. The van der Waals surface area contributed by atoms with Crippen molar-refractivity contribution in [3.63, 3.8) is 0 Å². The number of hydrogen-bond acceptors (Lipinski definition) is 2. The number of piperidine rings is 1. The molecule has 1 atom stereocenters. The Bertz CT molecular complexity index is 230. The lowest BCUT2D eigenvalue weighted by atomic mass is 9.98. The third-order valence-electron chi connectivity index (χ3n) is 4.01. The van der Waals surface area contributed by atoms with Crippen molar-refractivity contribution in [2.45, 2.75) is 39.0 Å². The molecule has 1 aliphatic heterocycles. The van der Waals surface area contributed by atoms with Crippen LogP contribution in [0.4, 0.5) is 0 Å². The SMILES string of the molecule is CCC1(CNC(=O)[C@H]2CCCNC2)CC1. The zero-order chi connectivity index (χ0) is 10.7. The van der Waals surface area contributed by atoms with Gasteiger partial charge in [0.15, 0.2) is 0 Å². The highest BCUT2D eigenvalue weighted by atomic mass is 16.1. The van der Waals surface area contributed by atoms with Crippen LogP contribution in [-0.4, -0.2) is 25.5 Å². The molecule has 1 saturated carbocycles. The van der Waals surface area contributed by atoms with Gasteiger partial charge in [-0.3, -0.25) is 4.79 Å². The van der Waals surface area contributed by atoms with Crippen molar-refractivity contribution in [1.29, 1.82) is 0 Å². The lowest BCUT2D eigenvalue weighted by Crippen LogP contribution is -2.42. The third kappa shape index (κ3) is 2.71. The van der Waals surface area contributed by atoms with Gasteiger partial charge in [0.25, 0.3) is 0 Å². The molecule has 2 fully saturated rings. The maximum Gasteiger partial charge on any atom is 0.224 e. The van der Waals surface area contributed by atoms with Gasteiger partial charge in [0.1, 0.15) is 0 Å². The van der Waals surface area contributed by atoms with Crippen LogP contribution in [0.2, 0.25) is 0 Å². The fraction of sp³-hybridized carbons (Fsp3) is 0.917. The average molecular weight is 210 g/mol. The van der Waals surface area contributed by atoms with Crippen molar-refractivity contribution in [2.75, 3.05) is 19.6 Å². The minimum atomic E-state index is 0.214. The quantitative estimate of drug-likeness (QED) is 0.734. The minimum absolute atomic E-state index is 0.214. The fourth-order valence-corrected chi connectivity index (χ4v) is 2.33. The van der Waals surface area contributed by atoms with Gasteiger partial charge in [0.05, 0.1) is 5.92 Å². The van der Waals surface area contributed by atoms with E-state index in [9.17, 15) is 4.79 Å². The molecule has 0 radical (unpaired) electrons. The third-order valence-corrected chi connectivity index (χ3v) is 4.01. The van der Waals surface area contributed by atoms with Gasteiger partial charge < -0.3 is 10.6 Å². The minimum Gasteiger partial charge on any atom is -0.355 e. The molecule has 1 saturated heterocycles. The molecule has 0 bridgehead atoms. The van der Waals surface area contributed by atoms with E-state index in [1.807, 2.05) is 0 Å². The summed E-state index contributed by atoms with van der Waals surface area (Å²) in [5.41, 5.74) is 0.470. The van der Waals surface area contributed by atoms with E-state index in [0.29, 0.717) is 5.41 Å². The standard InChI is InChI=1S/C12H22N2O/c1-2-12(5-6-12)9-14-11(15)10-4-3-7-13-8-10/h10,13H,2-9H2,1H3,(H,14,15)/t10-/m0/s1. The number of carbonyl (C=O) groups is 1. The van der Waals surface area contributed by atoms with Crippen LogP contribution < -0.4 is 10.6 Å². The Labute approximate surface area is 92.0 Å². The van der Waals surface area contributed by atoms with E-state index in [0.717, 1.165) is 32.5 Å². The van der Waals surface area contributed by atoms with Gasteiger partial charge in [-0.15, -0.1) is 0 Å². The van der Waals surface area contributed by atoms with Gasteiger partial charge in [0, 0.05) is 13.1 Å². The molecule has 2 aliphatic rings. The van der Waals surface area contributed by atoms with E-state index in [4.69, 9.17) is 0 Å². The second-order valence-corrected chi connectivity index (χ2v) is 5.11. The Balaban J connectivity index is 1.72. The van der Waals surface area contributed by atoms with Crippen molar-refractivity contribution in [2.24, 2.45) is 11.3 Å². The predicted octanol–water partition coefficient (Wildman–Crippen LogP) is 1.29.